The van der Waals surface area contributed by atoms with Crippen molar-refractivity contribution in [3.8, 4) is 0 Å². The lowest BCUT2D eigenvalue weighted by Gasteiger charge is -2.40. The summed E-state index contributed by atoms with van der Waals surface area (Å²) in [7, 11) is 0. The van der Waals surface area contributed by atoms with Crippen LogP contribution < -0.4 is 16.0 Å². The summed E-state index contributed by atoms with van der Waals surface area (Å²) in [4.78, 5) is 19.8. The molecule has 1 amide bonds. The quantitative estimate of drug-likeness (QED) is 0.649. The van der Waals surface area contributed by atoms with E-state index in [1.54, 1.807) is 12.3 Å². The fourth-order valence-electron chi connectivity index (χ4n) is 4.85. The summed E-state index contributed by atoms with van der Waals surface area (Å²) >= 11 is 0. The number of hydrogen-bond donors (Lipinski definition) is 2. The van der Waals surface area contributed by atoms with Crippen LogP contribution in [0.15, 0.2) is 72.9 Å². The summed E-state index contributed by atoms with van der Waals surface area (Å²) in [6, 6.07) is 22.0. The molecule has 0 aliphatic carbocycles. The van der Waals surface area contributed by atoms with E-state index in [9.17, 15) is 4.79 Å². The summed E-state index contributed by atoms with van der Waals surface area (Å²) in [6.07, 6.45) is 3.57. The number of carbonyl (C=O) groups excluding carboxylic acids is 1. The van der Waals surface area contributed by atoms with E-state index in [-0.39, 0.29) is 5.91 Å². The lowest BCUT2D eigenvalue weighted by atomic mass is 9.83. The number of hydrogen-bond acceptors (Lipinski definition) is 5. The van der Waals surface area contributed by atoms with E-state index < -0.39 is 11.7 Å². The Morgan fingerprint density at radius 1 is 1.09 bits per heavy atom. The van der Waals surface area contributed by atoms with Crippen molar-refractivity contribution in [1.29, 1.82) is 0 Å². The van der Waals surface area contributed by atoms with Gasteiger partial charge in [-0.2, -0.15) is 0 Å². The average molecular weight is 429 g/mol. The van der Waals surface area contributed by atoms with E-state index in [0.29, 0.717) is 12.2 Å². The number of rotatable bonds is 5. The number of amides is 1. The van der Waals surface area contributed by atoms with Gasteiger partial charge in [-0.1, -0.05) is 54.6 Å². The molecule has 3 N–H and O–H groups in total. The molecule has 1 aromatic heterocycles. The van der Waals surface area contributed by atoms with Crippen LogP contribution in [0.4, 0.5) is 11.5 Å². The number of fused-ring (bicyclic) bond motifs is 2. The smallest absolute Gasteiger partial charge is 0.253 e. The third kappa shape index (κ3) is 3.94. The van der Waals surface area contributed by atoms with Gasteiger partial charge in [-0.05, 0) is 42.0 Å². The molecule has 0 bridgehead atoms. The van der Waals surface area contributed by atoms with Gasteiger partial charge in [-0.25, -0.2) is 4.98 Å². The Morgan fingerprint density at radius 2 is 1.84 bits per heavy atom. The summed E-state index contributed by atoms with van der Waals surface area (Å²) in [6.45, 7) is 2.19. The van der Waals surface area contributed by atoms with E-state index in [0.717, 1.165) is 49.3 Å². The molecule has 3 heterocycles. The van der Waals surface area contributed by atoms with Crippen LogP contribution in [-0.4, -0.2) is 30.5 Å². The van der Waals surface area contributed by atoms with Crippen LogP contribution in [0.5, 0.6) is 0 Å². The Hall–Kier alpha value is -3.38. The van der Waals surface area contributed by atoms with Crippen molar-refractivity contribution in [3.63, 3.8) is 0 Å². The number of nitrogen functional groups attached to an aromatic ring is 1. The second kappa shape index (κ2) is 8.63. The van der Waals surface area contributed by atoms with E-state index in [4.69, 9.17) is 10.5 Å². The van der Waals surface area contributed by atoms with Crippen LogP contribution in [0.1, 0.15) is 35.6 Å². The molecule has 2 aliphatic rings. The van der Waals surface area contributed by atoms with Gasteiger partial charge in [0.05, 0.1) is 5.60 Å². The molecule has 0 radical (unpaired) electrons. The number of nitrogens with two attached hydrogens (primary N) is 1. The second-order valence-electron chi connectivity index (χ2n) is 8.54. The van der Waals surface area contributed by atoms with E-state index in [2.05, 4.69) is 33.4 Å². The molecule has 1 saturated heterocycles. The van der Waals surface area contributed by atoms with Gasteiger partial charge in [0.1, 0.15) is 5.82 Å². The minimum absolute atomic E-state index is 0.0646. The normalized spacial score (nSPS) is 19.0. The SMILES string of the molecule is Nc1ccnc(N2CCC3(CC2)OC(C(=O)NCCc2ccccc2)c2ccccc23)c1. The first kappa shape index (κ1) is 20.5. The Kier molecular flexibility index (Phi) is 5.53. The third-order valence-corrected chi connectivity index (χ3v) is 6.54. The van der Waals surface area contributed by atoms with Gasteiger partial charge < -0.3 is 20.7 Å². The molecule has 0 saturated carbocycles. The van der Waals surface area contributed by atoms with Crippen LogP contribution >= 0.6 is 0 Å². The van der Waals surface area contributed by atoms with Gasteiger partial charge >= 0.3 is 0 Å². The van der Waals surface area contributed by atoms with Crippen LogP contribution in [0, 0.1) is 0 Å². The number of aromatic nitrogens is 1. The highest BCUT2D eigenvalue weighted by molar-refractivity contribution is 5.83. The first-order valence-electron chi connectivity index (χ1n) is 11.2. The van der Waals surface area contributed by atoms with Gasteiger partial charge in [0.2, 0.25) is 0 Å². The first-order chi connectivity index (χ1) is 15.6. The number of nitrogens with one attached hydrogen (secondary N) is 1. The fourth-order valence-corrected chi connectivity index (χ4v) is 4.85. The van der Waals surface area contributed by atoms with Crippen molar-refractivity contribution in [2.45, 2.75) is 31.0 Å². The lowest BCUT2D eigenvalue weighted by molar-refractivity contribution is -0.146. The molecule has 1 atom stereocenters. The molecule has 5 rings (SSSR count). The largest absolute Gasteiger partial charge is 0.399 e. The van der Waals surface area contributed by atoms with Crippen LogP contribution in [0.3, 0.4) is 0 Å². The van der Waals surface area contributed by atoms with Crippen LogP contribution in [0.25, 0.3) is 0 Å². The zero-order valence-electron chi connectivity index (χ0n) is 18.0. The molecule has 164 valence electrons. The van der Waals surface area contributed by atoms with Crippen LogP contribution in [-0.2, 0) is 21.6 Å². The number of benzene rings is 2. The summed E-state index contributed by atoms with van der Waals surface area (Å²) in [5.41, 5.74) is 9.55. The molecule has 2 aromatic carbocycles. The zero-order valence-corrected chi connectivity index (χ0v) is 18.0. The van der Waals surface area contributed by atoms with Crippen molar-refractivity contribution in [1.82, 2.24) is 10.3 Å². The Labute approximate surface area is 188 Å². The average Bonchev–Trinajstić information content (AvgIpc) is 3.14. The molecule has 6 heteroatoms. The Balaban J connectivity index is 1.28. The minimum atomic E-state index is -0.570. The summed E-state index contributed by atoms with van der Waals surface area (Å²) < 4.78 is 6.55. The molecule has 2 aliphatic heterocycles. The molecule has 1 spiro atoms. The minimum Gasteiger partial charge on any atom is -0.399 e. The number of anilines is 2. The van der Waals surface area contributed by atoms with Crippen molar-refractivity contribution in [2.75, 3.05) is 30.3 Å². The van der Waals surface area contributed by atoms with Gasteiger partial charge in [0, 0.05) is 37.6 Å². The van der Waals surface area contributed by atoms with Gasteiger partial charge in [-0.3, -0.25) is 4.79 Å². The van der Waals surface area contributed by atoms with Gasteiger partial charge in [-0.15, -0.1) is 0 Å². The number of nitrogens with zero attached hydrogens (tertiary/aromatic N) is 2. The maximum absolute atomic E-state index is 13.1. The number of carbonyl (C=O) groups is 1. The molecular formula is C26H28N4O2. The topological polar surface area (TPSA) is 80.5 Å². The predicted molar refractivity (Wildman–Crippen MR) is 125 cm³/mol. The standard InChI is InChI=1S/C26H28N4O2/c27-20-11-15-28-23(18-20)30-16-12-26(13-17-30)22-9-5-4-8-21(22)24(32-26)25(31)29-14-10-19-6-2-1-3-7-19/h1-9,11,15,18,24H,10,12-14,16-17H2,(H2,27,28)(H,29,31). The molecule has 3 aromatic rings. The van der Waals surface area contributed by atoms with Crippen LogP contribution in [0.2, 0.25) is 0 Å². The summed E-state index contributed by atoms with van der Waals surface area (Å²) in [5.74, 6) is 0.825. The van der Waals surface area contributed by atoms with Crippen molar-refractivity contribution >= 4 is 17.4 Å². The number of ether oxygens (including phenoxy) is 1. The maximum atomic E-state index is 13.1. The predicted octanol–water partition coefficient (Wildman–Crippen LogP) is 3.59. The molecule has 6 nitrogen and oxygen atoms in total. The highest BCUT2D eigenvalue weighted by Crippen LogP contribution is 2.49. The number of piperidine rings is 1. The lowest BCUT2D eigenvalue weighted by Crippen LogP contribution is -2.43. The first-order valence-corrected chi connectivity index (χ1v) is 11.2. The highest BCUT2D eigenvalue weighted by Gasteiger charge is 2.48. The van der Waals surface area contributed by atoms with Crippen molar-refractivity contribution in [3.05, 3.63) is 89.6 Å². The zero-order chi connectivity index (χ0) is 22.0. The molecule has 1 fully saturated rings. The molecule has 32 heavy (non-hydrogen) atoms. The van der Waals surface area contributed by atoms with E-state index >= 15 is 0 Å². The van der Waals surface area contributed by atoms with Crippen molar-refractivity contribution < 1.29 is 9.53 Å². The molecular weight excluding hydrogens is 400 g/mol. The number of pyridine rings is 1. The van der Waals surface area contributed by atoms with Gasteiger partial charge in [0.15, 0.2) is 6.10 Å². The van der Waals surface area contributed by atoms with Crippen molar-refractivity contribution in [2.24, 2.45) is 0 Å². The summed E-state index contributed by atoms with van der Waals surface area (Å²) in [5, 5.41) is 3.08. The highest BCUT2D eigenvalue weighted by atomic mass is 16.5. The van der Waals surface area contributed by atoms with E-state index in [1.807, 2.05) is 42.5 Å². The Morgan fingerprint density at radius 3 is 2.62 bits per heavy atom. The second-order valence-corrected chi connectivity index (χ2v) is 8.54. The fraction of sp³-hybridized carbons (Fsp3) is 0.308. The maximum Gasteiger partial charge on any atom is 0.253 e. The monoisotopic (exact) mass is 428 g/mol. The van der Waals surface area contributed by atoms with E-state index in [1.165, 1.54) is 5.56 Å². The Bertz CT molecular complexity index is 1090. The molecule has 1 unspecified atom stereocenters. The van der Waals surface area contributed by atoms with Gasteiger partial charge in [0.25, 0.3) is 5.91 Å². The third-order valence-electron chi connectivity index (χ3n) is 6.54.